The number of amides is 2. The molecule has 0 spiro atoms. The van der Waals surface area contributed by atoms with Crippen LogP contribution >= 0.6 is 0 Å². The molecule has 0 aromatic rings. The quantitative estimate of drug-likeness (QED) is 0.273. The summed E-state index contributed by atoms with van der Waals surface area (Å²) in [6.07, 6.45) is -6.62. The van der Waals surface area contributed by atoms with Gasteiger partial charge in [-0.25, -0.2) is 9.59 Å². The number of carboxylic acids is 1. The predicted molar refractivity (Wildman–Crippen MR) is 92.1 cm³/mol. The van der Waals surface area contributed by atoms with E-state index in [2.05, 4.69) is 10.6 Å². The number of rotatable bonds is 7. The van der Waals surface area contributed by atoms with E-state index in [1.54, 1.807) is 20.8 Å². The zero-order valence-electron chi connectivity index (χ0n) is 16.1. The Hall–Kier alpha value is -1.99. The van der Waals surface area contributed by atoms with E-state index in [0.29, 0.717) is 0 Å². The minimum Gasteiger partial charge on any atom is -0.480 e. The number of carboxylic acid groups (broad SMARTS) is 1. The summed E-state index contributed by atoms with van der Waals surface area (Å²) in [6.45, 7) is 4.73. The minimum atomic E-state index is -1.54. The van der Waals surface area contributed by atoms with Crippen LogP contribution in [0.2, 0.25) is 0 Å². The molecule has 0 bridgehead atoms. The van der Waals surface area contributed by atoms with E-state index in [1.807, 2.05) is 0 Å². The monoisotopic (exact) mass is 408 g/mol. The third-order valence-electron chi connectivity index (χ3n) is 3.67. The summed E-state index contributed by atoms with van der Waals surface area (Å²) >= 11 is 0. The largest absolute Gasteiger partial charge is 0.480 e. The zero-order chi connectivity index (χ0) is 21.6. The van der Waals surface area contributed by atoms with Gasteiger partial charge in [-0.05, 0) is 20.8 Å². The summed E-state index contributed by atoms with van der Waals surface area (Å²) in [5.74, 6) is -1.98. The molecule has 5 unspecified atom stereocenters. The van der Waals surface area contributed by atoms with Gasteiger partial charge in [0.15, 0.2) is 12.3 Å². The molecule has 6 atom stereocenters. The number of hydrogen-bond donors (Lipinski definition) is 6. The summed E-state index contributed by atoms with van der Waals surface area (Å²) in [7, 11) is 0. The van der Waals surface area contributed by atoms with Crippen molar-refractivity contribution < 1.29 is 49.0 Å². The summed E-state index contributed by atoms with van der Waals surface area (Å²) < 4.78 is 15.6. The highest BCUT2D eigenvalue weighted by molar-refractivity contribution is 5.80. The second kappa shape index (κ2) is 9.98. The Kier molecular flexibility index (Phi) is 8.57. The Morgan fingerprint density at radius 2 is 1.79 bits per heavy atom. The predicted octanol–water partition coefficient (Wildman–Crippen LogP) is -2.08. The molecule has 0 saturated carbocycles. The van der Waals surface area contributed by atoms with Crippen LogP contribution in [0.25, 0.3) is 0 Å². The number of hydrogen-bond acceptors (Lipinski definition) is 9. The van der Waals surface area contributed by atoms with Crippen LogP contribution in [-0.4, -0.2) is 93.9 Å². The number of nitrogens with one attached hydrogen (secondary N) is 2. The molecule has 2 amide bonds. The lowest BCUT2D eigenvalue weighted by atomic mass is 9.97. The lowest BCUT2D eigenvalue weighted by Gasteiger charge is -2.42. The second-order valence-corrected chi connectivity index (χ2v) is 7.30. The summed E-state index contributed by atoms with van der Waals surface area (Å²) in [5, 5.41) is 43.1. The van der Waals surface area contributed by atoms with Crippen LogP contribution in [0.5, 0.6) is 0 Å². The molecule has 12 heteroatoms. The van der Waals surface area contributed by atoms with Crippen LogP contribution < -0.4 is 10.6 Å². The van der Waals surface area contributed by atoms with Gasteiger partial charge in [-0.3, -0.25) is 4.79 Å². The standard InChI is InChI=1S/C16H28N2O10/c1-7(20)17-10-12(22)11(21)9(5-19)27-14(10)26-6-8(13(23)24)18-15(25)28-16(2,3)4/h8-12,14,19,21-22H,5-6H2,1-4H3,(H,17,20)(H,18,25)(H,23,24)/t8-,9?,10?,11?,12?,14?/m0/s1. The van der Waals surface area contributed by atoms with Crippen molar-refractivity contribution >= 4 is 18.0 Å². The van der Waals surface area contributed by atoms with Gasteiger partial charge in [0.25, 0.3) is 0 Å². The Morgan fingerprint density at radius 3 is 2.25 bits per heavy atom. The highest BCUT2D eigenvalue weighted by Gasteiger charge is 2.45. The number of carbonyl (C=O) groups is 3. The molecule has 0 aliphatic carbocycles. The lowest BCUT2D eigenvalue weighted by Crippen LogP contribution is -2.65. The molecular weight excluding hydrogens is 380 g/mol. The van der Waals surface area contributed by atoms with Gasteiger partial charge in [-0.15, -0.1) is 0 Å². The minimum absolute atomic E-state index is 0.558. The van der Waals surface area contributed by atoms with Gasteiger partial charge in [-0.2, -0.15) is 0 Å². The molecule has 1 aliphatic heterocycles. The van der Waals surface area contributed by atoms with Crippen molar-refractivity contribution in [3.05, 3.63) is 0 Å². The molecule has 1 aliphatic rings. The van der Waals surface area contributed by atoms with Crippen LogP contribution in [0.1, 0.15) is 27.7 Å². The van der Waals surface area contributed by atoms with E-state index in [0.717, 1.165) is 0 Å². The molecule has 1 rings (SSSR count). The van der Waals surface area contributed by atoms with E-state index < -0.39 is 73.5 Å². The normalized spacial score (nSPS) is 28.9. The first-order chi connectivity index (χ1) is 12.9. The van der Waals surface area contributed by atoms with E-state index in [4.69, 9.17) is 14.2 Å². The highest BCUT2D eigenvalue weighted by Crippen LogP contribution is 2.22. The third kappa shape index (κ3) is 7.20. The van der Waals surface area contributed by atoms with Crippen LogP contribution in [-0.2, 0) is 23.8 Å². The number of ether oxygens (including phenoxy) is 3. The molecule has 1 saturated heterocycles. The van der Waals surface area contributed by atoms with Crippen LogP contribution in [0.3, 0.4) is 0 Å². The first kappa shape index (κ1) is 24.0. The fraction of sp³-hybridized carbons (Fsp3) is 0.812. The Morgan fingerprint density at radius 1 is 1.18 bits per heavy atom. The fourth-order valence-corrected chi connectivity index (χ4v) is 2.43. The van der Waals surface area contributed by atoms with Gasteiger partial charge in [0, 0.05) is 6.92 Å². The maximum Gasteiger partial charge on any atom is 0.408 e. The smallest absolute Gasteiger partial charge is 0.408 e. The Balaban J connectivity index is 2.82. The molecule has 162 valence electrons. The summed E-state index contributed by atoms with van der Waals surface area (Å²) in [6, 6.07) is -2.75. The van der Waals surface area contributed by atoms with E-state index in [1.165, 1.54) is 6.92 Å². The van der Waals surface area contributed by atoms with Crippen molar-refractivity contribution in [2.45, 2.75) is 70.0 Å². The van der Waals surface area contributed by atoms with E-state index >= 15 is 0 Å². The Bertz CT molecular complexity index is 564. The maximum atomic E-state index is 11.8. The number of carbonyl (C=O) groups excluding carboxylic acids is 2. The van der Waals surface area contributed by atoms with E-state index in [-0.39, 0.29) is 0 Å². The molecule has 0 radical (unpaired) electrons. The van der Waals surface area contributed by atoms with Crippen LogP contribution in [0.4, 0.5) is 4.79 Å². The topological polar surface area (TPSA) is 184 Å². The van der Waals surface area contributed by atoms with Crippen molar-refractivity contribution in [1.82, 2.24) is 10.6 Å². The molecule has 0 aromatic heterocycles. The number of aliphatic hydroxyl groups excluding tert-OH is 3. The van der Waals surface area contributed by atoms with Crippen molar-refractivity contribution in [2.75, 3.05) is 13.2 Å². The molecule has 1 fully saturated rings. The zero-order valence-corrected chi connectivity index (χ0v) is 16.1. The van der Waals surface area contributed by atoms with E-state index in [9.17, 15) is 34.8 Å². The summed E-state index contributed by atoms with van der Waals surface area (Å²) in [4.78, 5) is 34.5. The van der Waals surface area contributed by atoms with Gasteiger partial charge in [-0.1, -0.05) is 0 Å². The summed E-state index contributed by atoms with van der Waals surface area (Å²) in [5.41, 5.74) is -0.842. The number of aliphatic carboxylic acids is 1. The van der Waals surface area contributed by atoms with Crippen LogP contribution in [0.15, 0.2) is 0 Å². The fourth-order valence-electron chi connectivity index (χ4n) is 2.43. The molecular formula is C16H28N2O10. The maximum absolute atomic E-state index is 11.8. The van der Waals surface area contributed by atoms with Crippen molar-refractivity contribution in [1.29, 1.82) is 0 Å². The van der Waals surface area contributed by atoms with Gasteiger partial charge >= 0.3 is 12.1 Å². The average molecular weight is 408 g/mol. The van der Waals surface area contributed by atoms with Crippen molar-refractivity contribution in [3.8, 4) is 0 Å². The number of aliphatic hydroxyl groups is 3. The van der Waals surface area contributed by atoms with Gasteiger partial charge in [0.2, 0.25) is 5.91 Å². The van der Waals surface area contributed by atoms with Gasteiger partial charge < -0.3 is 45.3 Å². The van der Waals surface area contributed by atoms with Gasteiger partial charge in [0.1, 0.15) is 30.0 Å². The third-order valence-corrected chi connectivity index (χ3v) is 3.67. The van der Waals surface area contributed by atoms with Crippen molar-refractivity contribution in [3.63, 3.8) is 0 Å². The SMILES string of the molecule is CC(=O)NC1C(OC[C@H](NC(=O)OC(C)(C)C)C(=O)O)OC(CO)C(O)C1O. The van der Waals surface area contributed by atoms with Crippen LogP contribution in [0, 0.1) is 0 Å². The second-order valence-electron chi connectivity index (χ2n) is 7.30. The highest BCUT2D eigenvalue weighted by atomic mass is 16.7. The lowest BCUT2D eigenvalue weighted by molar-refractivity contribution is -0.271. The first-order valence-electron chi connectivity index (χ1n) is 8.59. The van der Waals surface area contributed by atoms with Gasteiger partial charge in [0.05, 0.1) is 13.2 Å². The molecule has 12 nitrogen and oxygen atoms in total. The molecule has 1 heterocycles. The Labute approximate surface area is 161 Å². The van der Waals surface area contributed by atoms with Crippen molar-refractivity contribution in [2.24, 2.45) is 0 Å². The molecule has 0 aromatic carbocycles. The number of alkyl carbamates (subject to hydrolysis) is 1. The molecule has 28 heavy (non-hydrogen) atoms. The average Bonchev–Trinajstić information content (AvgIpc) is 2.54. The molecule has 6 N–H and O–H groups in total. The first-order valence-corrected chi connectivity index (χ1v) is 8.59.